The average Bonchev–Trinajstić information content (AvgIpc) is 2.30. The third kappa shape index (κ3) is 2.31. The molecule has 2 aromatic rings. The maximum atomic E-state index is 13.7. The maximum absolute atomic E-state index is 13.7. The Hall–Kier alpha value is -1.19. The molecular weight excluding hydrogens is 269 g/mol. The summed E-state index contributed by atoms with van der Waals surface area (Å²) in [5.41, 5.74) is 7.91. The Labute approximate surface area is 102 Å². The van der Waals surface area contributed by atoms with Gasteiger partial charge in [-0.25, -0.2) is 4.39 Å². The number of halogens is 2. The molecule has 0 radical (unpaired) electrons. The first-order chi connectivity index (χ1) is 7.70. The Balaban J connectivity index is 2.54. The van der Waals surface area contributed by atoms with E-state index in [-0.39, 0.29) is 5.82 Å². The highest BCUT2D eigenvalue weighted by atomic mass is 79.9. The first-order valence-electron chi connectivity index (χ1n) is 4.95. The van der Waals surface area contributed by atoms with Crippen LogP contribution in [0.3, 0.4) is 0 Å². The summed E-state index contributed by atoms with van der Waals surface area (Å²) in [6.45, 7) is 0.418. The topological polar surface area (TPSA) is 26.0 Å². The molecule has 2 rings (SSSR count). The predicted molar refractivity (Wildman–Crippen MR) is 67.4 cm³/mol. The molecule has 0 bridgehead atoms. The molecule has 2 aromatic carbocycles. The number of rotatable bonds is 2. The van der Waals surface area contributed by atoms with E-state index in [2.05, 4.69) is 15.9 Å². The van der Waals surface area contributed by atoms with E-state index in [1.165, 1.54) is 6.07 Å². The number of hydrogen-bond donors (Lipinski definition) is 1. The third-order valence-corrected chi connectivity index (χ3v) is 2.90. The molecular formula is C13H11BrFN. The fourth-order valence-electron chi connectivity index (χ4n) is 1.58. The zero-order valence-corrected chi connectivity index (χ0v) is 10.2. The van der Waals surface area contributed by atoms with E-state index < -0.39 is 0 Å². The van der Waals surface area contributed by atoms with Gasteiger partial charge in [-0.05, 0) is 35.4 Å². The van der Waals surface area contributed by atoms with Crippen LogP contribution >= 0.6 is 15.9 Å². The highest BCUT2D eigenvalue weighted by molar-refractivity contribution is 9.10. The lowest BCUT2D eigenvalue weighted by atomic mass is 10.0. The van der Waals surface area contributed by atoms with E-state index in [9.17, 15) is 4.39 Å². The van der Waals surface area contributed by atoms with Gasteiger partial charge in [0.2, 0.25) is 0 Å². The van der Waals surface area contributed by atoms with Crippen LogP contribution in [0.25, 0.3) is 11.1 Å². The zero-order valence-electron chi connectivity index (χ0n) is 8.58. The van der Waals surface area contributed by atoms with Crippen LogP contribution in [0.1, 0.15) is 5.56 Å². The Bertz CT molecular complexity index is 511. The van der Waals surface area contributed by atoms with E-state index in [0.29, 0.717) is 12.1 Å². The van der Waals surface area contributed by atoms with Gasteiger partial charge in [-0.3, -0.25) is 0 Å². The summed E-state index contributed by atoms with van der Waals surface area (Å²) < 4.78 is 14.6. The van der Waals surface area contributed by atoms with Crippen molar-refractivity contribution in [1.82, 2.24) is 0 Å². The van der Waals surface area contributed by atoms with E-state index in [1.54, 1.807) is 12.1 Å². The fraction of sp³-hybridized carbons (Fsp3) is 0.0769. The van der Waals surface area contributed by atoms with Crippen molar-refractivity contribution in [2.24, 2.45) is 5.73 Å². The van der Waals surface area contributed by atoms with Crippen LogP contribution in [0, 0.1) is 5.82 Å². The molecule has 0 heterocycles. The molecule has 0 aliphatic rings. The summed E-state index contributed by atoms with van der Waals surface area (Å²) in [5, 5.41) is 0. The van der Waals surface area contributed by atoms with Gasteiger partial charge in [0.05, 0.1) is 0 Å². The van der Waals surface area contributed by atoms with E-state index >= 15 is 0 Å². The lowest BCUT2D eigenvalue weighted by Crippen LogP contribution is -1.97. The maximum Gasteiger partial charge on any atom is 0.131 e. The summed E-state index contributed by atoms with van der Waals surface area (Å²) in [6.07, 6.45) is 0. The standard InChI is InChI=1S/C13H11BrFN/c14-11-3-1-2-10(7-11)12-6-9(8-16)4-5-13(12)15/h1-7H,8,16H2. The molecule has 0 fully saturated rings. The van der Waals surface area contributed by atoms with Gasteiger partial charge in [-0.2, -0.15) is 0 Å². The molecule has 0 aliphatic carbocycles. The van der Waals surface area contributed by atoms with Gasteiger partial charge in [0, 0.05) is 16.6 Å². The molecule has 0 unspecified atom stereocenters. The third-order valence-electron chi connectivity index (χ3n) is 2.40. The van der Waals surface area contributed by atoms with Crippen LogP contribution in [0.2, 0.25) is 0 Å². The Morgan fingerprint density at radius 2 is 1.94 bits per heavy atom. The van der Waals surface area contributed by atoms with Crippen LogP contribution in [0.4, 0.5) is 4.39 Å². The van der Waals surface area contributed by atoms with Gasteiger partial charge in [-0.15, -0.1) is 0 Å². The lowest BCUT2D eigenvalue weighted by molar-refractivity contribution is 0.630. The van der Waals surface area contributed by atoms with E-state index in [0.717, 1.165) is 15.6 Å². The molecule has 0 atom stereocenters. The summed E-state index contributed by atoms with van der Waals surface area (Å²) in [7, 11) is 0. The van der Waals surface area contributed by atoms with Crippen molar-refractivity contribution in [2.75, 3.05) is 0 Å². The number of hydrogen-bond acceptors (Lipinski definition) is 1. The number of nitrogens with two attached hydrogens (primary N) is 1. The molecule has 1 nitrogen and oxygen atoms in total. The minimum absolute atomic E-state index is 0.227. The van der Waals surface area contributed by atoms with Crippen LogP contribution < -0.4 is 5.73 Å². The molecule has 0 amide bonds. The largest absolute Gasteiger partial charge is 0.326 e. The highest BCUT2D eigenvalue weighted by Gasteiger charge is 2.06. The second-order valence-corrected chi connectivity index (χ2v) is 4.44. The van der Waals surface area contributed by atoms with Crippen LogP contribution in [0.5, 0.6) is 0 Å². The molecule has 16 heavy (non-hydrogen) atoms. The van der Waals surface area contributed by atoms with E-state index in [1.807, 2.05) is 24.3 Å². The molecule has 0 saturated carbocycles. The molecule has 0 aliphatic heterocycles. The quantitative estimate of drug-likeness (QED) is 0.891. The second kappa shape index (κ2) is 4.76. The molecule has 3 heteroatoms. The van der Waals surface area contributed by atoms with Crippen molar-refractivity contribution in [3.8, 4) is 11.1 Å². The van der Waals surface area contributed by atoms with Crippen molar-refractivity contribution < 1.29 is 4.39 Å². The van der Waals surface area contributed by atoms with Crippen molar-refractivity contribution >= 4 is 15.9 Å². The summed E-state index contributed by atoms with van der Waals surface area (Å²) >= 11 is 3.37. The number of benzene rings is 2. The van der Waals surface area contributed by atoms with Crippen LogP contribution in [-0.2, 0) is 6.54 Å². The second-order valence-electron chi connectivity index (χ2n) is 3.53. The van der Waals surface area contributed by atoms with Crippen molar-refractivity contribution in [3.05, 3.63) is 58.3 Å². The monoisotopic (exact) mass is 279 g/mol. The van der Waals surface area contributed by atoms with Crippen molar-refractivity contribution in [1.29, 1.82) is 0 Å². The van der Waals surface area contributed by atoms with E-state index in [4.69, 9.17) is 5.73 Å². The Kier molecular flexibility index (Phi) is 3.36. The average molecular weight is 280 g/mol. The highest BCUT2D eigenvalue weighted by Crippen LogP contribution is 2.26. The normalized spacial score (nSPS) is 10.4. The SMILES string of the molecule is NCc1ccc(F)c(-c2cccc(Br)c2)c1. The Morgan fingerprint density at radius 3 is 2.62 bits per heavy atom. The zero-order chi connectivity index (χ0) is 11.5. The first kappa shape index (κ1) is 11.3. The van der Waals surface area contributed by atoms with Gasteiger partial charge >= 0.3 is 0 Å². The molecule has 0 spiro atoms. The molecule has 2 N–H and O–H groups in total. The van der Waals surface area contributed by atoms with Crippen LogP contribution in [0.15, 0.2) is 46.9 Å². The first-order valence-corrected chi connectivity index (χ1v) is 5.74. The fourth-order valence-corrected chi connectivity index (χ4v) is 1.98. The summed E-state index contributed by atoms with van der Waals surface area (Å²) in [5.74, 6) is -0.227. The summed E-state index contributed by atoms with van der Waals surface area (Å²) in [4.78, 5) is 0. The van der Waals surface area contributed by atoms with Gasteiger partial charge in [0.25, 0.3) is 0 Å². The predicted octanol–water partition coefficient (Wildman–Crippen LogP) is 3.71. The van der Waals surface area contributed by atoms with Gasteiger partial charge < -0.3 is 5.73 Å². The van der Waals surface area contributed by atoms with Gasteiger partial charge in [0.15, 0.2) is 0 Å². The van der Waals surface area contributed by atoms with Crippen molar-refractivity contribution in [3.63, 3.8) is 0 Å². The molecule has 0 saturated heterocycles. The van der Waals surface area contributed by atoms with Gasteiger partial charge in [0.1, 0.15) is 5.82 Å². The van der Waals surface area contributed by atoms with Crippen LogP contribution in [-0.4, -0.2) is 0 Å². The minimum Gasteiger partial charge on any atom is -0.326 e. The molecule has 0 aromatic heterocycles. The summed E-state index contributed by atoms with van der Waals surface area (Å²) in [6, 6.07) is 12.5. The Morgan fingerprint density at radius 1 is 1.12 bits per heavy atom. The smallest absolute Gasteiger partial charge is 0.131 e. The lowest BCUT2D eigenvalue weighted by Gasteiger charge is -2.06. The molecule has 82 valence electrons. The van der Waals surface area contributed by atoms with Gasteiger partial charge in [-0.1, -0.05) is 34.1 Å². The minimum atomic E-state index is -0.227. The van der Waals surface area contributed by atoms with Crippen molar-refractivity contribution in [2.45, 2.75) is 6.54 Å².